The Morgan fingerprint density at radius 2 is 1.64 bits per heavy atom. The SMILES string of the molecule is C/C(=N\C(Cc1ccc(O)c(O)c1O)C(=O)O)c1cc(O)ccc1O. The average Bonchev–Trinajstić information content (AvgIpc) is 2.56. The molecule has 1 atom stereocenters. The molecule has 1 unspecified atom stereocenters. The average molecular weight is 347 g/mol. The van der Waals surface area contributed by atoms with E-state index >= 15 is 0 Å². The van der Waals surface area contributed by atoms with Gasteiger partial charge in [0.1, 0.15) is 11.5 Å². The summed E-state index contributed by atoms with van der Waals surface area (Å²) in [7, 11) is 0. The van der Waals surface area contributed by atoms with Gasteiger partial charge in [0, 0.05) is 23.3 Å². The fourth-order valence-electron chi connectivity index (χ4n) is 2.29. The van der Waals surface area contributed by atoms with Crippen molar-refractivity contribution in [3.63, 3.8) is 0 Å². The third-order valence-corrected chi connectivity index (χ3v) is 3.63. The molecular formula is C17H17NO7. The number of phenols is 5. The summed E-state index contributed by atoms with van der Waals surface area (Å²) in [6.07, 6.45) is -0.258. The van der Waals surface area contributed by atoms with Gasteiger partial charge >= 0.3 is 5.97 Å². The first-order chi connectivity index (χ1) is 11.7. The minimum Gasteiger partial charge on any atom is -0.508 e. The molecular weight excluding hydrogens is 330 g/mol. The van der Waals surface area contributed by atoms with Crippen LogP contribution in [0.2, 0.25) is 0 Å². The highest BCUT2D eigenvalue weighted by Crippen LogP contribution is 2.37. The molecule has 8 nitrogen and oxygen atoms in total. The largest absolute Gasteiger partial charge is 0.508 e. The van der Waals surface area contributed by atoms with Crippen LogP contribution in [-0.4, -0.2) is 48.4 Å². The lowest BCUT2D eigenvalue weighted by molar-refractivity contribution is -0.138. The number of hydrogen-bond donors (Lipinski definition) is 6. The predicted molar refractivity (Wildman–Crippen MR) is 88.5 cm³/mol. The van der Waals surface area contributed by atoms with E-state index < -0.39 is 29.3 Å². The maximum atomic E-state index is 11.5. The Morgan fingerprint density at radius 1 is 1.00 bits per heavy atom. The molecule has 132 valence electrons. The maximum absolute atomic E-state index is 11.5. The number of carboxylic acid groups (broad SMARTS) is 1. The zero-order chi connectivity index (χ0) is 18.7. The molecule has 2 aromatic rings. The van der Waals surface area contributed by atoms with Gasteiger partial charge in [0.15, 0.2) is 17.5 Å². The van der Waals surface area contributed by atoms with E-state index in [0.717, 1.165) is 6.07 Å². The fourth-order valence-corrected chi connectivity index (χ4v) is 2.29. The molecule has 0 fully saturated rings. The normalized spacial score (nSPS) is 12.8. The Morgan fingerprint density at radius 3 is 2.28 bits per heavy atom. The van der Waals surface area contributed by atoms with Gasteiger partial charge in [-0.25, -0.2) is 4.79 Å². The number of carboxylic acids is 1. The molecule has 0 amide bonds. The molecule has 0 heterocycles. The second-order valence-corrected chi connectivity index (χ2v) is 5.42. The van der Waals surface area contributed by atoms with Crippen molar-refractivity contribution in [1.82, 2.24) is 0 Å². The van der Waals surface area contributed by atoms with Crippen LogP contribution in [0.3, 0.4) is 0 Å². The molecule has 25 heavy (non-hydrogen) atoms. The van der Waals surface area contributed by atoms with E-state index in [4.69, 9.17) is 0 Å². The number of carbonyl (C=O) groups is 1. The minimum atomic E-state index is -1.32. The van der Waals surface area contributed by atoms with Gasteiger partial charge in [-0.3, -0.25) is 4.99 Å². The summed E-state index contributed by atoms with van der Waals surface area (Å²) >= 11 is 0. The molecule has 0 radical (unpaired) electrons. The van der Waals surface area contributed by atoms with Crippen molar-refractivity contribution in [1.29, 1.82) is 0 Å². The number of aromatic hydroxyl groups is 5. The number of aliphatic imine (C=N–C) groups is 1. The van der Waals surface area contributed by atoms with Gasteiger partial charge in [-0.05, 0) is 31.2 Å². The monoisotopic (exact) mass is 347 g/mol. The number of nitrogens with zero attached hydrogens (tertiary/aromatic N) is 1. The molecule has 8 heteroatoms. The zero-order valence-electron chi connectivity index (χ0n) is 13.2. The van der Waals surface area contributed by atoms with E-state index in [2.05, 4.69) is 4.99 Å². The molecule has 0 aliphatic heterocycles. The Labute approximate surface area is 142 Å². The Bertz CT molecular complexity index is 845. The van der Waals surface area contributed by atoms with Gasteiger partial charge in [-0.1, -0.05) is 6.07 Å². The van der Waals surface area contributed by atoms with E-state index in [1.54, 1.807) is 0 Å². The van der Waals surface area contributed by atoms with E-state index in [1.165, 1.54) is 31.2 Å². The second-order valence-electron chi connectivity index (χ2n) is 5.42. The number of phenolic OH excluding ortho intramolecular Hbond substituents is 5. The van der Waals surface area contributed by atoms with Crippen molar-refractivity contribution in [2.45, 2.75) is 19.4 Å². The summed E-state index contributed by atoms with van der Waals surface area (Å²) in [4.78, 5) is 15.5. The Kier molecular flexibility index (Phi) is 5.02. The molecule has 0 aromatic heterocycles. The standard InChI is InChI=1S/C17H17NO7/c1-8(11-7-10(19)3-5-13(11)20)18-12(17(24)25)6-9-2-4-14(21)16(23)15(9)22/h2-5,7,12,19-23H,6H2,1H3,(H,24,25)/b18-8+. The van der Waals surface area contributed by atoms with E-state index in [0.29, 0.717) is 0 Å². The summed E-state index contributed by atoms with van der Waals surface area (Å²) in [6.45, 7) is 1.47. The first kappa shape index (κ1) is 17.9. The Balaban J connectivity index is 2.37. The van der Waals surface area contributed by atoms with Gasteiger partial charge in [0.25, 0.3) is 0 Å². The summed E-state index contributed by atoms with van der Waals surface area (Å²) in [5, 5.41) is 57.3. The lowest BCUT2D eigenvalue weighted by atomic mass is 10.0. The molecule has 6 N–H and O–H groups in total. The van der Waals surface area contributed by atoms with Crippen LogP contribution in [0, 0.1) is 0 Å². The summed E-state index contributed by atoms with van der Waals surface area (Å²) in [5.74, 6) is -3.47. The van der Waals surface area contributed by atoms with Crippen molar-refractivity contribution in [3.05, 3.63) is 41.5 Å². The van der Waals surface area contributed by atoms with Crippen LogP contribution in [0.5, 0.6) is 28.7 Å². The summed E-state index contributed by atoms with van der Waals surface area (Å²) < 4.78 is 0. The van der Waals surface area contributed by atoms with Gasteiger partial charge in [0.05, 0.1) is 0 Å². The van der Waals surface area contributed by atoms with Crippen molar-refractivity contribution in [2.75, 3.05) is 0 Å². The van der Waals surface area contributed by atoms with Crippen LogP contribution >= 0.6 is 0 Å². The molecule has 0 spiro atoms. The molecule has 0 saturated heterocycles. The fraction of sp³-hybridized carbons (Fsp3) is 0.176. The molecule has 2 aromatic carbocycles. The van der Waals surface area contributed by atoms with Gasteiger partial charge < -0.3 is 30.6 Å². The predicted octanol–water partition coefficient (Wildman–Crippen LogP) is 1.72. The van der Waals surface area contributed by atoms with Crippen molar-refractivity contribution >= 4 is 11.7 Å². The van der Waals surface area contributed by atoms with Gasteiger partial charge in [0.2, 0.25) is 5.75 Å². The zero-order valence-corrected chi connectivity index (χ0v) is 13.2. The minimum absolute atomic E-state index is 0.0828. The number of hydrogen-bond acceptors (Lipinski definition) is 7. The van der Waals surface area contributed by atoms with Crippen molar-refractivity contribution < 1.29 is 35.4 Å². The highest BCUT2D eigenvalue weighted by Gasteiger charge is 2.22. The van der Waals surface area contributed by atoms with E-state index in [9.17, 15) is 35.4 Å². The molecule has 0 saturated carbocycles. The maximum Gasteiger partial charge on any atom is 0.328 e. The van der Waals surface area contributed by atoms with Crippen LogP contribution in [0.25, 0.3) is 0 Å². The third kappa shape index (κ3) is 3.92. The highest BCUT2D eigenvalue weighted by molar-refractivity contribution is 6.02. The van der Waals surface area contributed by atoms with Gasteiger partial charge in [-0.15, -0.1) is 0 Å². The highest BCUT2D eigenvalue weighted by atomic mass is 16.4. The van der Waals surface area contributed by atoms with Crippen LogP contribution in [-0.2, 0) is 11.2 Å². The lowest BCUT2D eigenvalue weighted by Gasteiger charge is -2.13. The van der Waals surface area contributed by atoms with Crippen LogP contribution in [0.4, 0.5) is 0 Å². The second kappa shape index (κ2) is 7.00. The quantitative estimate of drug-likeness (QED) is 0.274. The molecule has 0 bridgehead atoms. The van der Waals surface area contributed by atoms with Crippen LogP contribution in [0.15, 0.2) is 35.3 Å². The summed E-state index contributed by atoms with van der Waals surface area (Å²) in [6, 6.07) is 4.85. The van der Waals surface area contributed by atoms with Crippen LogP contribution < -0.4 is 0 Å². The topological polar surface area (TPSA) is 151 Å². The number of benzene rings is 2. The summed E-state index contributed by atoms with van der Waals surface area (Å²) in [5.41, 5.74) is 0.423. The molecule has 0 aliphatic rings. The van der Waals surface area contributed by atoms with E-state index in [1.807, 2.05) is 0 Å². The number of aliphatic carboxylic acids is 1. The Hall–Kier alpha value is -3.42. The molecule has 0 aliphatic carbocycles. The van der Waals surface area contributed by atoms with Crippen molar-refractivity contribution in [3.8, 4) is 28.7 Å². The van der Waals surface area contributed by atoms with Crippen molar-refractivity contribution in [2.24, 2.45) is 4.99 Å². The number of rotatable bonds is 5. The lowest BCUT2D eigenvalue weighted by Crippen LogP contribution is -2.22. The molecule has 2 rings (SSSR count). The van der Waals surface area contributed by atoms with Gasteiger partial charge in [-0.2, -0.15) is 0 Å². The third-order valence-electron chi connectivity index (χ3n) is 3.63. The van der Waals surface area contributed by atoms with E-state index in [-0.39, 0.29) is 34.8 Å². The first-order valence-electron chi connectivity index (χ1n) is 7.23. The van der Waals surface area contributed by atoms with Crippen LogP contribution in [0.1, 0.15) is 18.1 Å². The first-order valence-corrected chi connectivity index (χ1v) is 7.23. The smallest absolute Gasteiger partial charge is 0.328 e.